The molecule has 0 aliphatic heterocycles. The molecule has 0 aliphatic rings. The van der Waals surface area contributed by atoms with E-state index in [9.17, 15) is 0 Å². The summed E-state index contributed by atoms with van der Waals surface area (Å²) in [5, 5.41) is 0. The average Bonchev–Trinajstić information content (AvgIpc) is 3.16. The standard InChI is InChI=1S/C40H80O12/c1-3-5-6-7-8-9-10-11-12-13-14-15-16-18-42-20-22-44-24-26-46-28-30-48-32-34-50-36-38-52-40-39-51-37-35-49-33-31-47-29-27-45-25-23-43-21-19-41-17-4-2/h4H,2-3,5-40H2,1H3. The SMILES string of the molecule is C=CCOCCOCCOCCOCCOCCOCCOCCOCCOCCOCCOCCOCCCCCCCCCCCCCCC. The summed E-state index contributed by atoms with van der Waals surface area (Å²) in [7, 11) is 0. The highest BCUT2D eigenvalue weighted by atomic mass is 16.6. The van der Waals surface area contributed by atoms with Gasteiger partial charge in [-0.2, -0.15) is 0 Å². The maximum Gasteiger partial charge on any atom is 0.0704 e. The first-order valence-electron chi connectivity index (χ1n) is 20.5. The molecule has 0 radical (unpaired) electrons. The summed E-state index contributed by atoms with van der Waals surface area (Å²) in [5.41, 5.74) is 0. The Morgan fingerprint density at radius 1 is 0.250 bits per heavy atom. The molecule has 0 heterocycles. The third-order valence-electron chi connectivity index (χ3n) is 7.72. The zero-order chi connectivity index (χ0) is 37.4. The first-order chi connectivity index (χ1) is 25.9. The number of hydrogen-bond acceptors (Lipinski definition) is 12. The molecule has 0 aromatic heterocycles. The molecule has 0 atom stereocenters. The summed E-state index contributed by atoms with van der Waals surface area (Å²) >= 11 is 0. The normalized spacial score (nSPS) is 11.6. The van der Waals surface area contributed by atoms with Crippen molar-refractivity contribution in [3.8, 4) is 0 Å². The molecule has 0 saturated heterocycles. The van der Waals surface area contributed by atoms with Crippen molar-refractivity contribution >= 4 is 0 Å². The molecule has 12 nitrogen and oxygen atoms in total. The van der Waals surface area contributed by atoms with Crippen molar-refractivity contribution in [2.24, 2.45) is 0 Å². The molecule has 0 bridgehead atoms. The summed E-state index contributed by atoms with van der Waals surface area (Å²) in [6, 6.07) is 0. The topological polar surface area (TPSA) is 111 Å². The van der Waals surface area contributed by atoms with E-state index in [1.165, 1.54) is 77.0 Å². The van der Waals surface area contributed by atoms with Gasteiger partial charge in [0.05, 0.1) is 152 Å². The van der Waals surface area contributed by atoms with Crippen LogP contribution in [0.2, 0.25) is 0 Å². The maximum atomic E-state index is 5.68. The first kappa shape index (κ1) is 51.3. The molecule has 0 saturated carbocycles. The van der Waals surface area contributed by atoms with E-state index >= 15 is 0 Å². The van der Waals surface area contributed by atoms with E-state index in [1.54, 1.807) is 6.08 Å². The second kappa shape index (κ2) is 50.3. The lowest BCUT2D eigenvalue weighted by molar-refractivity contribution is -0.0282. The Balaban J connectivity index is 3.05. The Labute approximate surface area is 318 Å². The Bertz CT molecular complexity index is 631. The molecule has 0 aromatic rings. The molecule has 0 unspecified atom stereocenters. The van der Waals surface area contributed by atoms with Crippen molar-refractivity contribution in [1.29, 1.82) is 0 Å². The van der Waals surface area contributed by atoms with Crippen molar-refractivity contribution in [2.75, 3.05) is 159 Å². The van der Waals surface area contributed by atoms with E-state index in [0.29, 0.717) is 152 Å². The molecule has 0 aliphatic carbocycles. The Kier molecular flexibility index (Phi) is 49.5. The fourth-order valence-corrected chi connectivity index (χ4v) is 4.81. The molecule has 0 amide bonds. The van der Waals surface area contributed by atoms with Crippen LogP contribution in [0.3, 0.4) is 0 Å². The highest BCUT2D eigenvalue weighted by molar-refractivity contribution is 4.63. The summed E-state index contributed by atoms with van der Waals surface area (Å²) in [6.07, 6.45) is 19.5. The molecule has 312 valence electrons. The molecular weight excluding hydrogens is 672 g/mol. The fourth-order valence-electron chi connectivity index (χ4n) is 4.81. The van der Waals surface area contributed by atoms with E-state index in [0.717, 1.165) is 13.0 Å². The van der Waals surface area contributed by atoms with E-state index in [4.69, 9.17) is 56.8 Å². The van der Waals surface area contributed by atoms with Gasteiger partial charge in [-0.25, -0.2) is 0 Å². The molecule has 0 spiro atoms. The van der Waals surface area contributed by atoms with E-state index in [1.807, 2.05) is 0 Å². The second-order valence-corrected chi connectivity index (χ2v) is 12.3. The number of ether oxygens (including phenoxy) is 12. The summed E-state index contributed by atoms with van der Waals surface area (Å²) in [6.45, 7) is 19.2. The van der Waals surface area contributed by atoms with Gasteiger partial charge in [0.2, 0.25) is 0 Å². The minimum atomic E-state index is 0.518. The van der Waals surface area contributed by atoms with Gasteiger partial charge in [0.1, 0.15) is 0 Å². The van der Waals surface area contributed by atoms with Gasteiger partial charge in [0.25, 0.3) is 0 Å². The van der Waals surface area contributed by atoms with E-state index < -0.39 is 0 Å². The second-order valence-electron chi connectivity index (χ2n) is 12.3. The lowest BCUT2D eigenvalue weighted by Gasteiger charge is -2.09. The molecule has 12 heteroatoms. The smallest absolute Gasteiger partial charge is 0.0704 e. The van der Waals surface area contributed by atoms with Crippen LogP contribution in [0, 0.1) is 0 Å². The Hall–Kier alpha value is -0.740. The van der Waals surface area contributed by atoms with Crippen LogP contribution >= 0.6 is 0 Å². The Morgan fingerprint density at radius 2 is 0.442 bits per heavy atom. The zero-order valence-electron chi connectivity index (χ0n) is 33.3. The van der Waals surface area contributed by atoms with Crippen LogP contribution in [0.25, 0.3) is 0 Å². The molecule has 0 N–H and O–H groups in total. The number of hydrogen-bond donors (Lipinski definition) is 0. The monoisotopic (exact) mass is 753 g/mol. The van der Waals surface area contributed by atoms with Crippen molar-refractivity contribution < 1.29 is 56.8 Å². The largest absolute Gasteiger partial charge is 0.379 e. The summed E-state index contributed by atoms with van der Waals surface area (Å²) in [4.78, 5) is 0. The van der Waals surface area contributed by atoms with Crippen molar-refractivity contribution in [1.82, 2.24) is 0 Å². The summed E-state index contributed by atoms with van der Waals surface area (Å²) in [5.74, 6) is 0. The minimum absolute atomic E-state index is 0.518. The van der Waals surface area contributed by atoms with Crippen LogP contribution in [0.4, 0.5) is 0 Å². The van der Waals surface area contributed by atoms with Gasteiger partial charge in [-0.15, -0.1) is 6.58 Å². The first-order valence-corrected chi connectivity index (χ1v) is 20.5. The predicted molar refractivity (Wildman–Crippen MR) is 206 cm³/mol. The molecular formula is C40H80O12. The predicted octanol–water partition coefficient (Wildman–Crippen LogP) is 6.46. The van der Waals surface area contributed by atoms with Crippen LogP contribution in [-0.4, -0.2) is 159 Å². The fraction of sp³-hybridized carbons (Fsp3) is 0.950. The third-order valence-corrected chi connectivity index (χ3v) is 7.72. The van der Waals surface area contributed by atoms with Gasteiger partial charge in [-0.1, -0.05) is 90.0 Å². The van der Waals surface area contributed by atoms with E-state index in [-0.39, 0.29) is 0 Å². The average molecular weight is 753 g/mol. The van der Waals surface area contributed by atoms with Gasteiger partial charge in [0, 0.05) is 6.61 Å². The molecule has 0 fully saturated rings. The zero-order valence-corrected chi connectivity index (χ0v) is 33.3. The molecule has 0 aromatic carbocycles. The lowest BCUT2D eigenvalue weighted by atomic mass is 10.0. The van der Waals surface area contributed by atoms with Crippen LogP contribution < -0.4 is 0 Å². The van der Waals surface area contributed by atoms with Gasteiger partial charge in [-0.3, -0.25) is 0 Å². The minimum Gasteiger partial charge on any atom is -0.379 e. The third kappa shape index (κ3) is 49.3. The van der Waals surface area contributed by atoms with Crippen LogP contribution in [0.5, 0.6) is 0 Å². The highest BCUT2D eigenvalue weighted by Crippen LogP contribution is 2.12. The van der Waals surface area contributed by atoms with Crippen LogP contribution in [-0.2, 0) is 56.8 Å². The summed E-state index contributed by atoms with van der Waals surface area (Å²) < 4.78 is 65.8. The van der Waals surface area contributed by atoms with Crippen molar-refractivity contribution in [3.05, 3.63) is 12.7 Å². The lowest BCUT2D eigenvalue weighted by Crippen LogP contribution is -2.15. The Morgan fingerprint density at radius 3 is 0.673 bits per heavy atom. The number of unbranched alkanes of at least 4 members (excludes halogenated alkanes) is 12. The quantitative estimate of drug-likeness (QED) is 0.0503. The molecule has 52 heavy (non-hydrogen) atoms. The number of rotatable bonds is 49. The maximum absolute atomic E-state index is 5.68. The van der Waals surface area contributed by atoms with Gasteiger partial charge in [-0.05, 0) is 6.42 Å². The van der Waals surface area contributed by atoms with Gasteiger partial charge in [0.15, 0.2) is 0 Å². The van der Waals surface area contributed by atoms with Gasteiger partial charge >= 0.3 is 0 Å². The van der Waals surface area contributed by atoms with Gasteiger partial charge < -0.3 is 56.8 Å². The highest BCUT2D eigenvalue weighted by Gasteiger charge is 1.98. The van der Waals surface area contributed by atoms with Crippen molar-refractivity contribution in [3.63, 3.8) is 0 Å². The molecule has 0 rings (SSSR count). The van der Waals surface area contributed by atoms with Crippen molar-refractivity contribution in [2.45, 2.75) is 90.4 Å². The van der Waals surface area contributed by atoms with Crippen LogP contribution in [0.15, 0.2) is 12.7 Å². The van der Waals surface area contributed by atoms with E-state index in [2.05, 4.69) is 13.5 Å². The van der Waals surface area contributed by atoms with Crippen LogP contribution in [0.1, 0.15) is 90.4 Å².